The fourth-order valence-corrected chi connectivity index (χ4v) is 8.55. The van der Waals surface area contributed by atoms with Crippen molar-refractivity contribution in [2.24, 2.45) is 24.9 Å². The Hall–Kier alpha value is -5.74. The second-order valence-corrected chi connectivity index (χ2v) is 19.1. The van der Waals surface area contributed by atoms with Crippen LogP contribution in [-0.2, 0) is 40.3 Å². The number of ether oxygens (including phenoxy) is 2. The monoisotopic (exact) mass is 866 g/mol. The molecule has 7 aromatic rings. The van der Waals surface area contributed by atoms with Gasteiger partial charge in [-0.3, -0.25) is 37.2 Å². The maximum Gasteiger partial charge on any atom is 0.332 e. The van der Waals surface area contributed by atoms with Gasteiger partial charge in [-0.05, 0) is 64.6 Å². The van der Waals surface area contributed by atoms with Crippen LogP contribution in [0.25, 0.3) is 22.1 Å². The second-order valence-electron chi connectivity index (χ2n) is 17.2. The van der Waals surface area contributed by atoms with Gasteiger partial charge in [-0.25, -0.2) is 9.59 Å². The van der Waals surface area contributed by atoms with E-state index in [-0.39, 0.29) is 33.3 Å². The van der Waals surface area contributed by atoms with Crippen molar-refractivity contribution in [1.29, 1.82) is 0 Å². The Morgan fingerprint density at radius 3 is 1.34 bits per heavy atom. The molecule has 0 atom stereocenters. The summed E-state index contributed by atoms with van der Waals surface area (Å²) in [7, 11) is 6.31. The molecular weight excluding hydrogens is 813 g/mol. The zero-order valence-electron chi connectivity index (χ0n) is 36.7. The third-order valence-corrected chi connectivity index (χ3v) is 11.7. The first kappa shape index (κ1) is 44.8. The van der Waals surface area contributed by atoms with E-state index in [9.17, 15) is 19.2 Å². The van der Waals surface area contributed by atoms with Crippen molar-refractivity contribution in [1.82, 2.24) is 37.8 Å². The van der Waals surface area contributed by atoms with Crippen molar-refractivity contribution in [3.63, 3.8) is 0 Å². The van der Waals surface area contributed by atoms with Crippen molar-refractivity contribution in [2.45, 2.75) is 82.7 Å². The van der Waals surface area contributed by atoms with Crippen LogP contribution in [0.2, 0.25) is 0 Å². The van der Waals surface area contributed by atoms with E-state index in [2.05, 4.69) is 46.6 Å². The molecule has 0 N–H and O–H groups in total. The number of thioether (sulfide) groups is 1. The Morgan fingerprint density at radius 2 is 0.967 bits per heavy atom. The van der Waals surface area contributed by atoms with Crippen LogP contribution in [0, 0.1) is 10.8 Å². The van der Waals surface area contributed by atoms with E-state index in [4.69, 9.17) is 14.6 Å². The zero-order valence-corrected chi connectivity index (χ0v) is 38.3. The van der Waals surface area contributed by atoms with Crippen LogP contribution in [0.3, 0.4) is 0 Å². The van der Waals surface area contributed by atoms with Crippen molar-refractivity contribution in [2.75, 3.05) is 20.5 Å². The number of hydrogen-bond acceptors (Lipinski definition) is 10. The molecule has 0 aliphatic heterocycles. The summed E-state index contributed by atoms with van der Waals surface area (Å²) >= 11 is 2.94. The van der Waals surface area contributed by atoms with Gasteiger partial charge in [-0.1, -0.05) is 95.8 Å². The first-order valence-corrected chi connectivity index (χ1v) is 21.8. The Labute approximate surface area is 362 Å². The molecule has 14 nitrogen and oxygen atoms in total. The molecule has 0 aliphatic rings. The predicted molar refractivity (Wildman–Crippen MR) is 244 cm³/mol. The van der Waals surface area contributed by atoms with Crippen LogP contribution in [0.5, 0.6) is 11.5 Å². The summed E-state index contributed by atoms with van der Waals surface area (Å²) in [6.45, 7) is 14.2. The summed E-state index contributed by atoms with van der Waals surface area (Å²) in [4.78, 5) is 53.0. The lowest BCUT2D eigenvalue weighted by atomic mass is 9.97. The molecule has 0 amide bonds. The topological polar surface area (TPSA) is 142 Å². The van der Waals surface area contributed by atoms with Crippen LogP contribution >= 0.6 is 23.5 Å². The molecule has 322 valence electrons. The van der Waals surface area contributed by atoms with Gasteiger partial charge >= 0.3 is 11.4 Å². The quantitative estimate of drug-likeness (QED) is 0.127. The highest BCUT2D eigenvalue weighted by molar-refractivity contribution is 7.99. The highest BCUT2D eigenvalue weighted by atomic mass is 32.2. The van der Waals surface area contributed by atoms with Crippen molar-refractivity contribution < 1.29 is 9.47 Å². The van der Waals surface area contributed by atoms with E-state index in [1.165, 1.54) is 46.8 Å². The largest absolute Gasteiger partial charge is 0.497 e. The molecule has 0 fully saturated rings. The van der Waals surface area contributed by atoms with Gasteiger partial charge in [0.15, 0.2) is 11.3 Å². The molecular formula is C45H54N8O6S2. The smallest absolute Gasteiger partial charge is 0.332 e. The van der Waals surface area contributed by atoms with Crippen LogP contribution in [0.1, 0.15) is 52.7 Å². The number of rotatable bonds is 11. The third kappa shape index (κ3) is 9.91. The fraction of sp³-hybridized carbons (Fsp3) is 0.378. The maximum absolute atomic E-state index is 13.3. The van der Waals surface area contributed by atoms with Gasteiger partial charge in [0.25, 0.3) is 11.1 Å². The lowest BCUT2D eigenvalue weighted by Gasteiger charge is -2.20. The summed E-state index contributed by atoms with van der Waals surface area (Å²) in [6, 6.07) is 25.3. The van der Waals surface area contributed by atoms with E-state index in [1.54, 1.807) is 28.0 Å². The summed E-state index contributed by atoms with van der Waals surface area (Å²) in [6.07, 6.45) is 1.92. The minimum atomic E-state index is -0.354. The number of aromatic nitrogens is 8. The van der Waals surface area contributed by atoms with Crippen LogP contribution in [-0.4, -0.2) is 58.3 Å². The van der Waals surface area contributed by atoms with Crippen LogP contribution < -0.4 is 32.0 Å². The molecule has 16 heteroatoms. The van der Waals surface area contributed by atoms with Gasteiger partial charge in [0.1, 0.15) is 32.3 Å². The minimum absolute atomic E-state index is 0.132. The summed E-state index contributed by atoms with van der Waals surface area (Å²) < 4.78 is 19.7. The van der Waals surface area contributed by atoms with E-state index in [0.717, 1.165) is 37.6 Å². The Bertz CT molecular complexity index is 2910. The van der Waals surface area contributed by atoms with Gasteiger partial charge < -0.3 is 9.47 Å². The number of benzene rings is 3. The predicted octanol–water partition coefficient (Wildman–Crippen LogP) is 6.87. The van der Waals surface area contributed by atoms with Crippen molar-refractivity contribution in [3.8, 4) is 11.5 Å². The molecule has 0 radical (unpaired) electrons. The number of hydrogen-bond donors (Lipinski definition) is 0. The molecule has 61 heavy (non-hydrogen) atoms. The van der Waals surface area contributed by atoms with Gasteiger partial charge in [-0.15, -0.1) is 11.8 Å². The van der Waals surface area contributed by atoms with Crippen molar-refractivity contribution >= 4 is 45.6 Å². The average Bonchev–Trinajstić information content (AvgIpc) is 3.77. The Morgan fingerprint density at radius 1 is 0.574 bits per heavy atom. The number of fused-ring (bicyclic) bond motifs is 2. The number of nitrogens with zero attached hydrogens (tertiary/aromatic N) is 8. The summed E-state index contributed by atoms with van der Waals surface area (Å²) in [5.74, 6) is 1.56. The van der Waals surface area contributed by atoms with Crippen molar-refractivity contribution in [3.05, 3.63) is 132 Å². The minimum Gasteiger partial charge on any atom is -0.497 e. The molecule has 3 aromatic carbocycles. The molecule has 4 aromatic heterocycles. The van der Waals surface area contributed by atoms with Gasteiger partial charge in [0, 0.05) is 32.1 Å². The molecule has 0 spiro atoms. The van der Waals surface area contributed by atoms with Crippen LogP contribution in [0.15, 0.2) is 113 Å². The SMILES string of the molecule is COc1ccc(Cn2nc3c(c2SC)c(=O)n(C)c(=O)n3CC(C)(C)C)cc1.COc1ccc(Cn2nc3c(c2Sc2ccccc2)c(=O)n(C)c(=O)n3CC(C)(C)C)cc1. The van der Waals surface area contributed by atoms with E-state index >= 15 is 0 Å². The first-order chi connectivity index (χ1) is 28.8. The van der Waals surface area contributed by atoms with E-state index in [1.807, 2.05) is 89.8 Å². The molecule has 0 aliphatic carbocycles. The number of methoxy groups -OCH3 is 2. The van der Waals surface area contributed by atoms with E-state index < -0.39 is 0 Å². The normalized spacial score (nSPS) is 11.9. The first-order valence-electron chi connectivity index (χ1n) is 19.8. The summed E-state index contributed by atoms with van der Waals surface area (Å²) in [5, 5.41) is 11.9. The standard InChI is InChI=1S/C25H28N4O3S.C20H26N4O3S/c1-25(2,3)16-28-21-20(22(30)27(4)24(28)31)23(33-19-9-7-6-8-10-19)29(26-21)15-17-11-13-18(32-5)14-12-17;1-20(2,3)12-23-16-15(17(25)22(4)19(23)26)18(28-6)24(21-16)11-13-7-9-14(27-5)10-8-13/h6-14H,15-16H2,1-5H3;7-10H,11-12H2,1-6H3. The van der Waals surface area contributed by atoms with Gasteiger partial charge in [-0.2, -0.15) is 10.2 Å². The third-order valence-electron chi connectivity index (χ3n) is 9.76. The molecule has 4 heterocycles. The molecule has 0 bridgehead atoms. The Balaban J connectivity index is 0.000000207. The summed E-state index contributed by atoms with van der Waals surface area (Å²) in [5.41, 5.74) is 1.28. The average molecular weight is 867 g/mol. The molecule has 0 saturated heterocycles. The Kier molecular flexibility index (Phi) is 13.3. The highest BCUT2D eigenvalue weighted by Gasteiger charge is 2.26. The lowest BCUT2D eigenvalue weighted by Crippen LogP contribution is -2.40. The van der Waals surface area contributed by atoms with E-state index in [0.29, 0.717) is 48.2 Å². The maximum atomic E-state index is 13.3. The van der Waals surface area contributed by atoms with Gasteiger partial charge in [0.2, 0.25) is 0 Å². The molecule has 7 rings (SSSR count). The fourth-order valence-electron chi connectivity index (χ4n) is 6.84. The second kappa shape index (κ2) is 18.1. The lowest BCUT2D eigenvalue weighted by molar-refractivity contribution is 0.336. The zero-order chi connectivity index (χ0) is 44.4. The highest BCUT2D eigenvalue weighted by Crippen LogP contribution is 2.33. The van der Waals surface area contributed by atoms with Gasteiger partial charge in [0.05, 0.1) is 27.3 Å². The van der Waals surface area contributed by atoms with Crippen LogP contribution in [0.4, 0.5) is 0 Å². The molecule has 0 unspecified atom stereocenters. The molecule has 0 saturated carbocycles.